The van der Waals surface area contributed by atoms with Gasteiger partial charge in [-0.15, -0.1) is 0 Å². The molecule has 10 heteroatoms. The quantitative estimate of drug-likeness (QED) is 0.254. The van der Waals surface area contributed by atoms with E-state index < -0.39 is 24.1 Å². The van der Waals surface area contributed by atoms with Gasteiger partial charge >= 0.3 is 0 Å². The summed E-state index contributed by atoms with van der Waals surface area (Å²) in [6.07, 6.45) is -4.88. The summed E-state index contributed by atoms with van der Waals surface area (Å²) in [4.78, 5) is 19.3. The molecule has 2 rings (SSSR count). The molecule has 2 aromatic carbocycles. The van der Waals surface area contributed by atoms with E-state index in [-0.39, 0.29) is 0 Å². The lowest BCUT2D eigenvalue weighted by atomic mass is 10.2. The van der Waals surface area contributed by atoms with E-state index in [2.05, 4.69) is 72.1 Å². The van der Waals surface area contributed by atoms with Gasteiger partial charge in [0.25, 0.3) is 0 Å². The maximum absolute atomic E-state index is 9.63. The van der Waals surface area contributed by atoms with Crippen LogP contribution in [-0.2, 0) is 21.1 Å². The lowest BCUT2D eigenvalue weighted by Crippen LogP contribution is -2.51. The van der Waals surface area contributed by atoms with E-state index in [1.54, 1.807) is 0 Å². The van der Waals surface area contributed by atoms with Crippen molar-refractivity contribution in [2.75, 3.05) is 24.6 Å². The maximum Gasteiger partial charge on any atom is 0.124 e. The second-order valence-electron chi connectivity index (χ2n) is 6.31. The van der Waals surface area contributed by atoms with E-state index in [4.69, 9.17) is 10.2 Å². The average molecular weight is 485 g/mol. The molecule has 8 N–H and O–H groups in total. The van der Waals surface area contributed by atoms with E-state index in [0.29, 0.717) is 0 Å². The first kappa shape index (κ1) is 29.9. The monoisotopic (exact) mass is 484 g/mol. The average Bonchev–Trinajstić information content (AvgIpc) is 2.80. The lowest BCUT2D eigenvalue weighted by Gasteiger charge is -2.18. The predicted octanol–water partition coefficient (Wildman–Crippen LogP) is -2.47. The van der Waals surface area contributed by atoms with Gasteiger partial charge in [0.05, 0.1) is 25.0 Å². The Kier molecular flexibility index (Phi) is 18.3. The molecular weight excluding hydrogens is 452 g/mol. The number of carbonyl (C=O) groups excluding carboxylic acids is 2. The number of aliphatic hydroxyl groups excluding tert-OH is 2. The van der Waals surface area contributed by atoms with Crippen LogP contribution < -0.4 is 21.7 Å². The SMILES string of the molecule is O=C([O-])C(O)C(O)C(=O)[O-].[NH3+]CCSCc1ccccc1.[NH3+]CCSCc1ccccc1. The van der Waals surface area contributed by atoms with Gasteiger partial charge in [0.1, 0.15) is 12.2 Å². The summed E-state index contributed by atoms with van der Waals surface area (Å²) < 4.78 is 0. The Morgan fingerprint density at radius 1 is 0.719 bits per heavy atom. The van der Waals surface area contributed by atoms with E-state index in [1.807, 2.05) is 23.5 Å². The number of benzene rings is 2. The van der Waals surface area contributed by atoms with E-state index >= 15 is 0 Å². The molecule has 0 aliphatic heterocycles. The first-order valence-corrected chi connectivity index (χ1v) is 12.2. The van der Waals surface area contributed by atoms with Crippen LogP contribution in [0.15, 0.2) is 60.7 Å². The van der Waals surface area contributed by atoms with Gasteiger partial charge in [-0.2, -0.15) is 23.5 Å². The topological polar surface area (TPSA) is 176 Å². The summed E-state index contributed by atoms with van der Waals surface area (Å²) >= 11 is 3.89. The molecule has 0 radical (unpaired) electrons. The van der Waals surface area contributed by atoms with Crippen molar-refractivity contribution in [3.63, 3.8) is 0 Å². The molecule has 0 aliphatic carbocycles. The number of aliphatic hydroxyl groups is 2. The Morgan fingerprint density at radius 2 is 1.03 bits per heavy atom. The number of hydrogen-bond donors (Lipinski definition) is 4. The van der Waals surface area contributed by atoms with Gasteiger partial charge in [0, 0.05) is 23.0 Å². The highest BCUT2D eigenvalue weighted by molar-refractivity contribution is 7.98. The third-order valence-electron chi connectivity index (χ3n) is 3.58. The molecule has 0 saturated heterocycles. The van der Waals surface area contributed by atoms with Crippen molar-refractivity contribution < 1.29 is 41.5 Å². The van der Waals surface area contributed by atoms with Crippen molar-refractivity contribution in [1.82, 2.24) is 0 Å². The Labute approximate surface area is 197 Å². The Balaban J connectivity index is 0.000000452. The number of carbonyl (C=O) groups is 2. The standard InChI is InChI=1S/2C9H13NS.C4H6O6/c2*10-6-7-11-8-9-4-2-1-3-5-9;5-1(3(7)8)2(6)4(9)10/h2*1-5H,6-8,10H2;1-2,5-6H,(H,7,8)(H,9,10). The lowest BCUT2D eigenvalue weighted by molar-refractivity contribution is -0.360. The van der Waals surface area contributed by atoms with E-state index in [9.17, 15) is 19.8 Å². The van der Waals surface area contributed by atoms with Gasteiger partial charge in [-0.05, 0) is 11.1 Å². The largest absolute Gasteiger partial charge is 0.547 e. The van der Waals surface area contributed by atoms with Crippen molar-refractivity contribution in [2.24, 2.45) is 0 Å². The summed E-state index contributed by atoms with van der Waals surface area (Å²) in [6, 6.07) is 21.1. The second kappa shape index (κ2) is 19.6. The Bertz CT molecular complexity index is 674. The molecule has 0 bridgehead atoms. The smallest absolute Gasteiger partial charge is 0.124 e. The Hall–Kier alpha value is -2.08. The van der Waals surface area contributed by atoms with Crippen LogP contribution in [0.5, 0.6) is 0 Å². The molecule has 0 spiro atoms. The van der Waals surface area contributed by atoms with Crippen molar-refractivity contribution in [1.29, 1.82) is 0 Å². The van der Waals surface area contributed by atoms with Gasteiger partial charge < -0.3 is 41.5 Å². The van der Waals surface area contributed by atoms with E-state index in [1.165, 1.54) is 11.1 Å². The summed E-state index contributed by atoms with van der Waals surface area (Å²) in [5, 5.41) is 35.7. The fourth-order valence-corrected chi connectivity index (χ4v) is 3.54. The second-order valence-corrected chi connectivity index (χ2v) is 8.52. The fraction of sp³-hybridized carbons (Fsp3) is 0.364. The molecule has 0 amide bonds. The summed E-state index contributed by atoms with van der Waals surface area (Å²) in [7, 11) is 0. The first-order chi connectivity index (χ1) is 15.3. The zero-order chi connectivity index (χ0) is 24.2. The van der Waals surface area contributed by atoms with Crippen LogP contribution in [0, 0.1) is 0 Å². The molecule has 178 valence electrons. The van der Waals surface area contributed by atoms with Crippen molar-refractivity contribution in [3.8, 4) is 0 Å². The molecule has 2 atom stereocenters. The third-order valence-corrected chi connectivity index (χ3v) is 5.81. The molecule has 8 nitrogen and oxygen atoms in total. The molecule has 0 aliphatic rings. The normalized spacial score (nSPS) is 11.8. The zero-order valence-corrected chi connectivity index (χ0v) is 19.6. The third kappa shape index (κ3) is 15.7. The minimum Gasteiger partial charge on any atom is -0.547 e. The number of carboxylic acid groups (broad SMARTS) is 2. The molecule has 0 fully saturated rings. The highest BCUT2D eigenvalue weighted by atomic mass is 32.2. The van der Waals surface area contributed by atoms with Crippen molar-refractivity contribution >= 4 is 35.5 Å². The fourth-order valence-electron chi connectivity index (χ4n) is 1.99. The molecule has 2 unspecified atom stereocenters. The summed E-state index contributed by atoms with van der Waals surface area (Å²) in [5.74, 6) is 0.449. The maximum atomic E-state index is 9.63. The number of quaternary nitrogens is 2. The summed E-state index contributed by atoms with van der Waals surface area (Å²) in [5.41, 5.74) is 10.4. The van der Waals surface area contributed by atoms with Gasteiger partial charge in [-0.3, -0.25) is 0 Å². The van der Waals surface area contributed by atoms with Crippen molar-refractivity contribution in [2.45, 2.75) is 23.7 Å². The number of hydrogen-bond acceptors (Lipinski definition) is 8. The van der Waals surface area contributed by atoms with Crippen LogP contribution in [0.2, 0.25) is 0 Å². The molecular formula is C22H32N2O6S2. The van der Waals surface area contributed by atoms with E-state index in [0.717, 1.165) is 36.1 Å². The van der Waals surface area contributed by atoms with Crippen LogP contribution in [0.4, 0.5) is 0 Å². The first-order valence-electron chi connectivity index (χ1n) is 9.93. The molecule has 0 heterocycles. The number of rotatable bonds is 11. The minimum absolute atomic E-state index is 1.03. The van der Waals surface area contributed by atoms with Gasteiger partial charge in [0.2, 0.25) is 0 Å². The summed E-state index contributed by atoms with van der Waals surface area (Å²) in [6.45, 7) is 2.05. The number of thioether (sulfide) groups is 2. The predicted molar refractivity (Wildman–Crippen MR) is 123 cm³/mol. The van der Waals surface area contributed by atoms with Crippen LogP contribution in [0.25, 0.3) is 0 Å². The van der Waals surface area contributed by atoms with Gasteiger partial charge in [-0.25, -0.2) is 0 Å². The van der Waals surface area contributed by atoms with Crippen LogP contribution >= 0.6 is 23.5 Å². The molecule has 0 aromatic heterocycles. The minimum atomic E-state index is -2.44. The van der Waals surface area contributed by atoms with Crippen LogP contribution in [0.1, 0.15) is 11.1 Å². The number of carboxylic acids is 2. The zero-order valence-electron chi connectivity index (χ0n) is 17.9. The molecule has 2 aromatic rings. The highest BCUT2D eigenvalue weighted by Crippen LogP contribution is 2.10. The van der Waals surface area contributed by atoms with Gasteiger partial charge in [-0.1, -0.05) is 60.7 Å². The Morgan fingerprint density at radius 3 is 1.28 bits per heavy atom. The molecule has 32 heavy (non-hydrogen) atoms. The van der Waals surface area contributed by atoms with Crippen LogP contribution in [-0.4, -0.2) is 59.0 Å². The number of aliphatic carboxylic acids is 2. The van der Waals surface area contributed by atoms with Crippen LogP contribution in [0.3, 0.4) is 0 Å². The highest BCUT2D eigenvalue weighted by Gasteiger charge is 2.17. The van der Waals surface area contributed by atoms with Crippen molar-refractivity contribution in [3.05, 3.63) is 71.8 Å². The van der Waals surface area contributed by atoms with Gasteiger partial charge in [0.15, 0.2) is 0 Å². The molecule has 0 saturated carbocycles.